The molecule has 0 bridgehead atoms. The highest BCUT2D eigenvalue weighted by atomic mass is 16.5. The SMILES string of the molecule is CC(C)(C)[C@@H](COc1cccc2c1C(=O)N(C1CCC(=O)NC1=O)C2=O)CC(N)=O. The number of nitrogens with one attached hydrogen (secondary N) is 1. The summed E-state index contributed by atoms with van der Waals surface area (Å²) in [6.07, 6.45) is 0.248. The van der Waals surface area contributed by atoms with E-state index in [0.717, 1.165) is 4.90 Å². The van der Waals surface area contributed by atoms with E-state index in [1.165, 1.54) is 6.07 Å². The molecule has 2 aliphatic heterocycles. The Bertz CT molecular complexity index is 933. The number of carbonyl (C=O) groups excluding carboxylic acids is 5. The summed E-state index contributed by atoms with van der Waals surface area (Å²) in [5.74, 6) is -2.78. The Labute approximate surface area is 173 Å². The van der Waals surface area contributed by atoms with Gasteiger partial charge in [0, 0.05) is 18.8 Å². The van der Waals surface area contributed by atoms with Gasteiger partial charge in [-0.05, 0) is 24.0 Å². The first-order chi connectivity index (χ1) is 14.0. The van der Waals surface area contributed by atoms with Crippen LogP contribution in [0.15, 0.2) is 18.2 Å². The van der Waals surface area contributed by atoms with Crippen molar-refractivity contribution in [1.82, 2.24) is 10.2 Å². The first kappa shape index (κ1) is 21.5. The number of benzene rings is 1. The Morgan fingerprint density at radius 2 is 1.93 bits per heavy atom. The van der Waals surface area contributed by atoms with E-state index in [9.17, 15) is 24.0 Å². The van der Waals surface area contributed by atoms with Crippen LogP contribution in [-0.2, 0) is 14.4 Å². The van der Waals surface area contributed by atoms with Crippen LogP contribution in [0.4, 0.5) is 0 Å². The van der Waals surface area contributed by atoms with Crippen LogP contribution in [0.2, 0.25) is 0 Å². The van der Waals surface area contributed by atoms with Crippen molar-refractivity contribution in [3.05, 3.63) is 29.3 Å². The number of piperidine rings is 1. The molecule has 9 nitrogen and oxygen atoms in total. The monoisotopic (exact) mass is 415 g/mol. The number of nitrogens with two attached hydrogens (primary N) is 1. The number of nitrogens with zero attached hydrogens (tertiary/aromatic N) is 1. The molecule has 0 aromatic heterocycles. The fourth-order valence-electron chi connectivity index (χ4n) is 3.65. The van der Waals surface area contributed by atoms with Gasteiger partial charge in [0.05, 0.1) is 17.7 Å². The summed E-state index contributed by atoms with van der Waals surface area (Å²) in [6.45, 7) is 6.00. The third-order valence-corrected chi connectivity index (χ3v) is 5.54. The predicted octanol–water partition coefficient (Wildman–Crippen LogP) is 1.00. The van der Waals surface area contributed by atoms with Gasteiger partial charge in [-0.1, -0.05) is 26.8 Å². The van der Waals surface area contributed by atoms with Crippen molar-refractivity contribution in [2.24, 2.45) is 17.1 Å². The van der Waals surface area contributed by atoms with E-state index >= 15 is 0 Å². The minimum atomic E-state index is -1.04. The van der Waals surface area contributed by atoms with Gasteiger partial charge in [-0.2, -0.15) is 0 Å². The van der Waals surface area contributed by atoms with E-state index in [-0.39, 0.29) is 54.1 Å². The van der Waals surface area contributed by atoms with Gasteiger partial charge in [-0.25, -0.2) is 0 Å². The van der Waals surface area contributed by atoms with Crippen LogP contribution in [0, 0.1) is 11.3 Å². The molecule has 0 aliphatic carbocycles. The normalized spacial score (nSPS) is 20.1. The Kier molecular flexibility index (Phi) is 5.65. The van der Waals surface area contributed by atoms with Crippen LogP contribution in [0.5, 0.6) is 5.75 Å². The van der Waals surface area contributed by atoms with E-state index in [0.29, 0.717) is 0 Å². The number of ether oxygens (including phenoxy) is 1. The van der Waals surface area contributed by atoms with E-state index < -0.39 is 35.6 Å². The summed E-state index contributed by atoms with van der Waals surface area (Å²) in [4.78, 5) is 61.8. The second-order valence-electron chi connectivity index (χ2n) is 8.67. The second kappa shape index (κ2) is 7.89. The van der Waals surface area contributed by atoms with Crippen molar-refractivity contribution in [2.75, 3.05) is 6.61 Å². The molecule has 9 heteroatoms. The second-order valence-corrected chi connectivity index (χ2v) is 8.67. The molecule has 0 radical (unpaired) electrons. The minimum absolute atomic E-state index is 0.0492. The molecule has 3 N–H and O–H groups in total. The van der Waals surface area contributed by atoms with E-state index in [1.54, 1.807) is 12.1 Å². The number of hydrogen-bond acceptors (Lipinski definition) is 6. The van der Waals surface area contributed by atoms with Crippen molar-refractivity contribution in [3.8, 4) is 5.75 Å². The zero-order chi connectivity index (χ0) is 22.2. The van der Waals surface area contributed by atoms with Gasteiger partial charge in [0.2, 0.25) is 17.7 Å². The molecule has 30 heavy (non-hydrogen) atoms. The lowest BCUT2D eigenvalue weighted by Crippen LogP contribution is -2.54. The van der Waals surface area contributed by atoms with Crippen LogP contribution >= 0.6 is 0 Å². The molecule has 0 spiro atoms. The van der Waals surface area contributed by atoms with Crippen LogP contribution in [-0.4, -0.2) is 47.1 Å². The number of primary amides is 1. The third kappa shape index (κ3) is 4.05. The minimum Gasteiger partial charge on any atom is -0.492 e. The molecule has 2 atom stereocenters. The van der Waals surface area contributed by atoms with Crippen molar-refractivity contribution >= 4 is 29.5 Å². The number of carbonyl (C=O) groups is 5. The van der Waals surface area contributed by atoms with Crippen molar-refractivity contribution in [1.29, 1.82) is 0 Å². The molecule has 0 saturated carbocycles. The maximum Gasteiger partial charge on any atom is 0.266 e. The van der Waals surface area contributed by atoms with Gasteiger partial charge in [0.15, 0.2) is 0 Å². The topological polar surface area (TPSA) is 136 Å². The maximum atomic E-state index is 13.1. The molecule has 1 aromatic rings. The fraction of sp³-hybridized carbons (Fsp3) is 0.476. The molecule has 1 aromatic carbocycles. The Balaban J connectivity index is 1.85. The molecule has 2 heterocycles. The van der Waals surface area contributed by atoms with Gasteiger partial charge in [-0.15, -0.1) is 0 Å². The van der Waals surface area contributed by atoms with Crippen LogP contribution in [0.25, 0.3) is 0 Å². The van der Waals surface area contributed by atoms with Gasteiger partial charge >= 0.3 is 0 Å². The van der Waals surface area contributed by atoms with E-state index in [4.69, 9.17) is 10.5 Å². The lowest BCUT2D eigenvalue weighted by atomic mass is 9.79. The van der Waals surface area contributed by atoms with Crippen LogP contribution in [0.3, 0.4) is 0 Å². The molecular weight excluding hydrogens is 390 g/mol. The van der Waals surface area contributed by atoms with Gasteiger partial charge in [0.1, 0.15) is 11.8 Å². The highest BCUT2D eigenvalue weighted by molar-refractivity contribution is 6.24. The quantitative estimate of drug-likeness (QED) is 0.666. The van der Waals surface area contributed by atoms with Crippen LogP contribution in [0.1, 0.15) is 60.7 Å². The Morgan fingerprint density at radius 1 is 1.23 bits per heavy atom. The van der Waals surface area contributed by atoms with Crippen molar-refractivity contribution < 1.29 is 28.7 Å². The largest absolute Gasteiger partial charge is 0.492 e. The lowest BCUT2D eigenvalue weighted by molar-refractivity contribution is -0.136. The number of rotatable bonds is 6. The smallest absolute Gasteiger partial charge is 0.266 e. The Morgan fingerprint density at radius 3 is 2.53 bits per heavy atom. The average Bonchev–Trinajstić information content (AvgIpc) is 2.89. The number of fused-ring (bicyclic) bond motifs is 1. The van der Waals surface area contributed by atoms with Gasteiger partial charge in [-0.3, -0.25) is 34.2 Å². The number of hydrogen-bond donors (Lipinski definition) is 2. The number of amides is 5. The van der Waals surface area contributed by atoms with Crippen molar-refractivity contribution in [3.63, 3.8) is 0 Å². The first-order valence-electron chi connectivity index (χ1n) is 9.76. The molecule has 2 aliphatic rings. The average molecular weight is 415 g/mol. The molecular formula is C21H25N3O6. The lowest BCUT2D eigenvalue weighted by Gasteiger charge is -2.30. The van der Waals surface area contributed by atoms with Crippen LogP contribution < -0.4 is 15.8 Å². The molecule has 1 saturated heterocycles. The third-order valence-electron chi connectivity index (χ3n) is 5.54. The molecule has 1 fully saturated rings. The van der Waals surface area contributed by atoms with Gasteiger partial charge in [0.25, 0.3) is 11.8 Å². The molecule has 5 amide bonds. The summed E-state index contributed by atoms with van der Waals surface area (Å²) < 4.78 is 5.87. The molecule has 160 valence electrons. The molecule has 3 rings (SSSR count). The first-order valence-corrected chi connectivity index (χ1v) is 9.76. The van der Waals surface area contributed by atoms with Gasteiger partial charge < -0.3 is 10.5 Å². The Hall–Kier alpha value is -3.23. The van der Waals surface area contributed by atoms with Crippen molar-refractivity contribution in [2.45, 2.75) is 46.1 Å². The predicted molar refractivity (Wildman–Crippen MR) is 105 cm³/mol. The summed E-state index contributed by atoms with van der Waals surface area (Å²) in [5, 5.41) is 2.16. The highest BCUT2D eigenvalue weighted by Crippen LogP contribution is 2.35. The zero-order valence-corrected chi connectivity index (χ0v) is 17.2. The summed E-state index contributed by atoms with van der Waals surface area (Å²) in [5.41, 5.74) is 5.30. The highest BCUT2D eigenvalue weighted by Gasteiger charge is 2.46. The molecule has 1 unspecified atom stereocenters. The number of imide groups is 2. The standard InChI is InChI=1S/C21H25N3O6/c1-21(2,3)11(9-15(22)25)10-30-14-6-4-5-12-17(14)20(29)24(19(12)28)13-7-8-16(26)23-18(13)27/h4-6,11,13H,7-10H2,1-3H3,(H2,22,25)(H,23,26,27)/t11-,13?/m1/s1. The zero-order valence-electron chi connectivity index (χ0n) is 17.2. The van der Waals surface area contributed by atoms with E-state index in [1.807, 2.05) is 20.8 Å². The maximum absolute atomic E-state index is 13.1. The van der Waals surface area contributed by atoms with E-state index in [2.05, 4.69) is 5.32 Å². The summed E-state index contributed by atoms with van der Waals surface area (Å²) in [7, 11) is 0. The summed E-state index contributed by atoms with van der Waals surface area (Å²) in [6, 6.07) is 3.62. The fourth-order valence-corrected chi connectivity index (χ4v) is 3.65. The summed E-state index contributed by atoms with van der Waals surface area (Å²) >= 11 is 0.